The molecule has 0 aliphatic heterocycles. The molecule has 134 valence electrons. The van der Waals surface area contributed by atoms with E-state index < -0.39 is 12.1 Å². The number of aliphatic hydroxyl groups is 1. The molecule has 4 heteroatoms. The van der Waals surface area contributed by atoms with E-state index in [-0.39, 0.29) is 0 Å². The molecule has 0 aromatic heterocycles. The smallest absolute Gasteiger partial charge is 0.310 e. The Morgan fingerprint density at radius 3 is 1.50 bits per heavy atom. The van der Waals surface area contributed by atoms with Gasteiger partial charge in [-0.1, -0.05) is 58.3 Å². The Balaban J connectivity index is 4.03. The predicted octanol–water partition coefficient (Wildman–Crippen LogP) is 4.64. The Bertz CT molecular complexity index is 216. The van der Waals surface area contributed by atoms with Gasteiger partial charge in [0.2, 0.25) is 0 Å². The summed E-state index contributed by atoms with van der Waals surface area (Å²) in [7, 11) is 0. The first-order chi connectivity index (χ1) is 10.7. The Hall–Kier alpha value is -0.160. The Morgan fingerprint density at radius 2 is 1.09 bits per heavy atom. The largest absolute Gasteiger partial charge is 0.385 e. The summed E-state index contributed by atoms with van der Waals surface area (Å²) < 4.78 is 16.8. The van der Waals surface area contributed by atoms with Crippen LogP contribution in [0, 0.1) is 0 Å². The van der Waals surface area contributed by atoms with Gasteiger partial charge in [0.25, 0.3) is 0 Å². The van der Waals surface area contributed by atoms with Gasteiger partial charge in [-0.3, -0.25) is 0 Å². The van der Waals surface area contributed by atoms with Crippen LogP contribution in [0.5, 0.6) is 0 Å². The molecule has 1 unspecified atom stereocenters. The summed E-state index contributed by atoms with van der Waals surface area (Å²) in [6, 6.07) is 0. The van der Waals surface area contributed by atoms with Crippen molar-refractivity contribution in [2.24, 2.45) is 0 Å². The van der Waals surface area contributed by atoms with E-state index in [1.54, 1.807) is 0 Å². The summed E-state index contributed by atoms with van der Waals surface area (Å²) in [6.07, 6.45) is 9.87. The molecular formula is C18H38O4. The van der Waals surface area contributed by atoms with Crippen molar-refractivity contribution < 1.29 is 19.3 Å². The maximum atomic E-state index is 10.5. The van der Waals surface area contributed by atoms with Crippen LogP contribution in [-0.4, -0.2) is 37.0 Å². The van der Waals surface area contributed by atoms with Gasteiger partial charge in [0.05, 0.1) is 0 Å². The van der Waals surface area contributed by atoms with E-state index in [0.717, 1.165) is 12.8 Å². The lowest BCUT2D eigenvalue weighted by Crippen LogP contribution is -2.50. The molecule has 1 atom stereocenters. The van der Waals surface area contributed by atoms with Crippen LogP contribution in [0.1, 0.15) is 85.5 Å². The Morgan fingerprint density at radius 1 is 0.682 bits per heavy atom. The van der Waals surface area contributed by atoms with Crippen LogP contribution in [0.2, 0.25) is 0 Å². The minimum atomic E-state index is -1.29. The summed E-state index contributed by atoms with van der Waals surface area (Å²) in [5, 5.41) is 10.5. The van der Waals surface area contributed by atoms with E-state index in [2.05, 4.69) is 6.92 Å². The highest BCUT2D eigenvalue weighted by atomic mass is 16.9. The van der Waals surface area contributed by atoms with Crippen LogP contribution < -0.4 is 0 Å². The average Bonchev–Trinajstić information content (AvgIpc) is 2.50. The molecule has 0 saturated heterocycles. The normalized spacial score (nSPS) is 13.5. The summed E-state index contributed by atoms with van der Waals surface area (Å²) in [5.41, 5.74) is 0. The summed E-state index contributed by atoms with van der Waals surface area (Å²) in [5.74, 6) is -1.29. The molecule has 0 saturated carbocycles. The highest BCUT2D eigenvalue weighted by Gasteiger charge is 2.40. The van der Waals surface area contributed by atoms with Crippen LogP contribution in [0.15, 0.2) is 0 Å². The molecule has 0 aromatic rings. The summed E-state index contributed by atoms with van der Waals surface area (Å²) >= 11 is 0. The maximum absolute atomic E-state index is 10.5. The van der Waals surface area contributed by atoms with Gasteiger partial charge < -0.3 is 19.3 Å². The third-order valence-electron chi connectivity index (χ3n) is 3.78. The van der Waals surface area contributed by atoms with E-state index in [1.807, 2.05) is 20.8 Å². The molecule has 0 aliphatic rings. The quantitative estimate of drug-likeness (QED) is 0.333. The van der Waals surface area contributed by atoms with Gasteiger partial charge >= 0.3 is 5.97 Å². The van der Waals surface area contributed by atoms with E-state index in [0.29, 0.717) is 26.2 Å². The highest BCUT2D eigenvalue weighted by molar-refractivity contribution is 4.70. The van der Waals surface area contributed by atoms with E-state index in [4.69, 9.17) is 14.2 Å². The van der Waals surface area contributed by atoms with Crippen molar-refractivity contribution in [1.29, 1.82) is 0 Å². The lowest BCUT2D eigenvalue weighted by molar-refractivity contribution is -0.410. The zero-order valence-corrected chi connectivity index (χ0v) is 15.2. The van der Waals surface area contributed by atoms with Crippen molar-refractivity contribution in [2.75, 3.05) is 19.8 Å². The molecule has 0 rings (SSSR count). The molecule has 0 bridgehead atoms. The first-order valence-corrected chi connectivity index (χ1v) is 9.26. The van der Waals surface area contributed by atoms with Crippen LogP contribution in [-0.2, 0) is 14.2 Å². The predicted molar refractivity (Wildman–Crippen MR) is 90.8 cm³/mol. The SMILES string of the molecule is CCCCCCCCCCC(O)C(OCC)(OCC)OCC. The second-order valence-corrected chi connectivity index (χ2v) is 5.68. The van der Waals surface area contributed by atoms with Gasteiger partial charge in [0.15, 0.2) is 0 Å². The van der Waals surface area contributed by atoms with Gasteiger partial charge in [0, 0.05) is 19.8 Å². The first-order valence-electron chi connectivity index (χ1n) is 9.26. The molecule has 0 spiro atoms. The van der Waals surface area contributed by atoms with Gasteiger partial charge in [-0.2, -0.15) is 0 Å². The van der Waals surface area contributed by atoms with E-state index in [1.165, 1.54) is 38.5 Å². The molecule has 0 radical (unpaired) electrons. The number of rotatable bonds is 16. The third-order valence-corrected chi connectivity index (χ3v) is 3.78. The Labute approximate surface area is 137 Å². The molecule has 0 aromatic carbocycles. The highest BCUT2D eigenvalue weighted by Crippen LogP contribution is 2.25. The molecule has 0 fully saturated rings. The van der Waals surface area contributed by atoms with Gasteiger partial charge in [-0.25, -0.2) is 0 Å². The van der Waals surface area contributed by atoms with Crippen LogP contribution in [0.4, 0.5) is 0 Å². The van der Waals surface area contributed by atoms with E-state index >= 15 is 0 Å². The fraction of sp³-hybridized carbons (Fsp3) is 1.00. The van der Waals surface area contributed by atoms with Crippen molar-refractivity contribution in [1.82, 2.24) is 0 Å². The second-order valence-electron chi connectivity index (χ2n) is 5.68. The zero-order chi connectivity index (χ0) is 16.7. The van der Waals surface area contributed by atoms with E-state index in [9.17, 15) is 5.11 Å². The number of unbranched alkanes of at least 4 members (excludes halogenated alkanes) is 7. The number of aliphatic hydroxyl groups excluding tert-OH is 1. The fourth-order valence-electron chi connectivity index (χ4n) is 2.67. The third kappa shape index (κ3) is 9.09. The lowest BCUT2D eigenvalue weighted by Gasteiger charge is -2.36. The van der Waals surface area contributed by atoms with Crippen molar-refractivity contribution in [3.63, 3.8) is 0 Å². The molecule has 0 amide bonds. The fourth-order valence-corrected chi connectivity index (χ4v) is 2.67. The Kier molecular flexibility index (Phi) is 14.3. The van der Waals surface area contributed by atoms with Gasteiger partial charge in [-0.15, -0.1) is 0 Å². The summed E-state index contributed by atoms with van der Waals surface area (Å²) in [6.45, 7) is 9.25. The second kappa shape index (κ2) is 14.4. The molecule has 1 N–H and O–H groups in total. The minimum absolute atomic E-state index is 0.453. The lowest BCUT2D eigenvalue weighted by atomic mass is 10.0. The van der Waals surface area contributed by atoms with Crippen molar-refractivity contribution in [3.8, 4) is 0 Å². The number of hydrogen-bond donors (Lipinski definition) is 1. The van der Waals surface area contributed by atoms with Gasteiger partial charge in [0.1, 0.15) is 6.10 Å². The monoisotopic (exact) mass is 318 g/mol. The summed E-state index contributed by atoms with van der Waals surface area (Å²) in [4.78, 5) is 0. The standard InChI is InChI=1S/C18H38O4/c1-5-9-10-11-12-13-14-15-16-17(19)18(20-6-2,21-7-3)22-8-4/h17,19H,5-16H2,1-4H3. The molecular weight excluding hydrogens is 280 g/mol. The number of ether oxygens (including phenoxy) is 3. The molecule has 4 nitrogen and oxygen atoms in total. The van der Waals surface area contributed by atoms with Gasteiger partial charge in [-0.05, 0) is 27.2 Å². The molecule has 0 aliphatic carbocycles. The van der Waals surface area contributed by atoms with Crippen LogP contribution >= 0.6 is 0 Å². The molecule has 22 heavy (non-hydrogen) atoms. The zero-order valence-electron chi connectivity index (χ0n) is 15.2. The first kappa shape index (κ1) is 21.8. The van der Waals surface area contributed by atoms with Crippen LogP contribution in [0.25, 0.3) is 0 Å². The maximum Gasteiger partial charge on any atom is 0.310 e. The van der Waals surface area contributed by atoms with Crippen molar-refractivity contribution in [3.05, 3.63) is 0 Å². The van der Waals surface area contributed by atoms with Crippen molar-refractivity contribution in [2.45, 2.75) is 97.6 Å². The topological polar surface area (TPSA) is 47.9 Å². The van der Waals surface area contributed by atoms with Crippen molar-refractivity contribution >= 4 is 0 Å². The average molecular weight is 318 g/mol. The molecule has 0 heterocycles. The minimum Gasteiger partial charge on any atom is -0.385 e. The van der Waals surface area contributed by atoms with Crippen LogP contribution in [0.3, 0.4) is 0 Å². The number of hydrogen-bond acceptors (Lipinski definition) is 4.